The zero-order valence-electron chi connectivity index (χ0n) is 19.2. The smallest absolute Gasteiger partial charge is 0.214 e. The van der Waals surface area contributed by atoms with E-state index in [2.05, 4.69) is 98.7 Å². The zero-order valence-corrected chi connectivity index (χ0v) is 19.2. The first-order valence-corrected chi connectivity index (χ1v) is 11.9. The van der Waals surface area contributed by atoms with Crippen LogP contribution in [0.2, 0.25) is 0 Å². The average Bonchev–Trinajstić information content (AvgIpc) is 3.53. The lowest BCUT2D eigenvalue weighted by atomic mass is 10.0. The van der Waals surface area contributed by atoms with Crippen LogP contribution in [0.4, 0.5) is 11.4 Å². The molecule has 5 rings (SSSR count). The van der Waals surface area contributed by atoms with E-state index in [1.54, 1.807) is 4.90 Å². The lowest BCUT2D eigenvalue weighted by molar-refractivity contribution is -0.927. The quantitative estimate of drug-likeness (QED) is 0.648. The molecule has 2 aliphatic rings. The second-order valence-corrected chi connectivity index (χ2v) is 9.32. The first-order valence-electron chi connectivity index (χ1n) is 11.9. The first-order chi connectivity index (χ1) is 15.7. The number of hydrogen-bond donors (Lipinski definition) is 1. The third-order valence-corrected chi connectivity index (χ3v) is 7.13. The van der Waals surface area contributed by atoms with Crippen molar-refractivity contribution in [2.45, 2.75) is 37.8 Å². The molecule has 2 heterocycles. The molecule has 7 heteroatoms. The molecule has 32 heavy (non-hydrogen) atoms. The highest BCUT2D eigenvalue weighted by molar-refractivity contribution is 5.47. The number of tetrazole rings is 1. The standard InChI is InChI=1S/C25H33N7/c1-29(2)21-14-12-20(13-15-21)24(25-26-27-28-32(25)23-10-6-7-11-23)31-18-16-30(17-19-31)22-8-4-3-5-9-22/h3-5,8-9,12-15,23-24H,6-7,10-11,16-19H2,1-2H3/p+1/t24-/m0/s1. The lowest BCUT2D eigenvalue weighted by Gasteiger charge is -2.37. The van der Waals surface area contributed by atoms with Crippen LogP contribution in [-0.4, -0.2) is 60.5 Å². The molecule has 0 amide bonds. The van der Waals surface area contributed by atoms with E-state index in [0.717, 1.165) is 32.0 Å². The van der Waals surface area contributed by atoms with Crippen molar-refractivity contribution < 1.29 is 4.90 Å². The van der Waals surface area contributed by atoms with Gasteiger partial charge in [0.1, 0.15) is 0 Å². The summed E-state index contributed by atoms with van der Waals surface area (Å²) in [5, 5.41) is 13.2. The van der Waals surface area contributed by atoms with Crippen molar-refractivity contribution in [3.63, 3.8) is 0 Å². The van der Waals surface area contributed by atoms with E-state index in [4.69, 9.17) is 0 Å². The lowest BCUT2D eigenvalue weighted by Crippen LogP contribution is -3.15. The van der Waals surface area contributed by atoms with Crippen LogP contribution in [0, 0.1) is 0 Å². The van der Waals surface area contributed by atoms with Gasteiger partial charge in [-0.1, -0.05) is 43.2 Å². The van der Waals surface area contributed by atoms with Crippen molar-refractivity contribution in [1.82, 2.24) is 20.2 Å². The number of aromatic nitrogens is 4. The Morgan fingerprint density at radius 1 is 0.938 bits per heavy atom. The van der Waals surface area contributed by atoms with E-state index in [0.29, 0.717) is 6.04 Å². The molecule has 1 aliphatic heterocycles. The number of anilines is 2. The van der Waals surface area contributed by atoms with Crippen LogP contribution < -0.4 is 14.7 Å². The fraction of sp³-hybridized carbons (Fsp3) is 0.480. The molecule has 1 aromatic heterocycles. The van der Waals surface area contributed by atoms with Gasteiger partial charge in [0.2, 0.25) is 5.82 Å². The molecule has 1 N–H and O–H groups in total. The van der Waals surface area contributed by atoms with Crippen LogP contribution in [0.1, 0.15) is 49.2 Å². The summed E-state index contributed by atoms with van der Waals surface area (Å²) in [5.41, 5.74) is 3.83. The number of quaternary nitrogens is 1. The predicted molar refractivity (Wildman–Crippen MR) is 127 cm³/mol. The number of nitrogens with one attached hydrogen (secondary N) is 1. The minimum Gasteiger partial charge on any atom is -0.378 e. The third-order valence-electron chi connectivity index (χ3n) is 7.13. The molecule has 3 aromatic rings. The number of piperazine rings is 1. The fourth-order valence-corrected chi connectivity index (χ4v) is 5.31. The number of benzene rings is 2. The summed E-state index contributed by atoms with van der Waals surface area (Å²) in [6.07, 6.45) is 4.91. The summed E-state index contributed by atoms with van der Waals surface area (Å²) in [6, 6.07) is 20.3. The van der Waals surface area contributed by atoms with Crippen LogP contribution in [0.25, 0.3) is 0 Å². The Morgan fingerprint density at radius 2 is 1.62 bits per heavy atom. The monoisotopic (exact) mass is 432 g/mol. The molecule has 1 atom stereocenters. The molecule has 168 valence electrons. The summed E-state index contributed by atoms with van der Waals surface area (Å²) in [6.45, 7) is 4.20. The van der Waals surface area contributed by atoms with Gasteiger partial charge in [0.25, 0.3) is 0 Å². The second-order valence-electron chi connectivity index (χ2n) is 9.32. The van der Waals surface area contributed by atoms with Crippen molar-refractivity contribution in [3.8, 4) is 0 Å². The number of hydrogen-bond acceptors (Lipinski definition) is 5. The second kappa shape index (κ2) is 9.28. The summed E-state index contributed by atoms with van der Waals surface area (Å²) in [4.78, 5) is 6.19. The van der Waals surface area contributed by atoms with Gasteiger partial charge in [-0.15, -0.1) is 5.10 Å². The predicted octanol–water partition coefficient (Wildman–Crippen LogP) is 2.35. The summed E-state index contributed by atoms with van der Waals surface area (Å²) in [5.74, 6) is 1.03. The normalized spacial score (nSPS) is 18.8. The molecule has 0 radical (unpaired) electrons. The Kier molecular flexibility index (Phi) is 6.08. The van der Waals surface area contributed by atoms with Gasteiger partial charge in [-0.3, -0.25) is 0 Å². The van der Waals surface area contributed by atoms with Crippen molar-refractivity contribution in [2.24, 2.45) is 0 Å². The molecular formula is C25H34N7+. The van der Waals surface area contributed by atoms with E-state index in [1.165, 1.54) is 42.6 Å². The molecular weight excluding hydrogens is 398 g/mol. The number of rotatable bonds is 6. The Labute approximate surface area is 190 Å². The average molecular weight is 433 g/mol. The zero-order chi connectivity index (χ0) is 21.9. The van der Waals surface area contributed by atoms with Crippen molar-refractivity contribution in [2.75, 3.05) is 50.1 Å². The van der Waals surface area contributed by atoms with E-state index < -0.39 is 0 Å². The molecule has 1 saturated heterocycles. The van der Waals surface area contributed by atoms with E-state index >= 15 is 0 Å². The number of para-hydroxylation sites is 1. The van der Waals surface area contributed by atoms with Gasteiger partial charge in [0.15, 0.2) is 6.04 Å². The van der Waals surface area contributed by atoms with E-state index in [9.17, 15) is 0 Å². The van der Waals surface area contributed by atoms with Gasteiger partial charge < -0.3 is 14.7 Å². The SMILES string of the molecule is CN(C)c1ccc([C@@H](c2nnnn2C2CCCC2)[NH+]2CCN(c3ccccc3)CC2)cc1. The summed E-state index contributed by atoms with van der Waals surface area (Å²) in [7, 11) is 4.17. The van der Waals surface area contributed by atoms with Crippen LogP contribution >= 0.6 is 0 Å². The molecule has 0 unspecified atom stereocenters. The van der Waals surface area contributed by atoms with Crippen LogP contribution in [0.15, 0.2) is 54.6 Å². The highest BCUT2D eigenvalue weighted by Gasteiger charge is 2.36. The minimum atomic E-state index is 0.153. The van der Waals surface area contributed by atoms with Crippen LogP contribution in [0.5, 0.6) is 0 Å². The van der Waals surface area contributed by atoms with Gasteiger partial charge in [-0.2, -0.15) is 0 Å². The minimum absolute atomic E-state index is 0.153. The van der Waals surface area contributed by atoms with Gasteiger partial charge in [-0.25, -0.2) is 4.68 Å². The first kappa shape index (κ1) is 20.9. The highest BCUT2D eigenvalue weighted by Crippen LogP contribution is 2.31. The van der Waals surface area contributed by atoms with Crippen molar-refractivity contribution >= 4 is 11.4 Å². The van der Waals surface area contributed by atoms with Gasteiger partial charge in [0.05, 0.1) is 32.2 Å². The molecule has 0 bridgehead atoms. The topological polar surface area (TPSA) is 54.5 Å². The van der Waals surface area contributed by atoms with Gasteiger partial charge >= 0.3 is 0 Å². The molecule has 2 aromatic carbocycles. The van der Waals surface area contributed by atoms with Crippen molar-refractivity contribution in [1.29, 1.82) is 0 Å². The van der Waals surface area contributed by atoms with Crippen LogP contribution in [-0.2, 0) is 0 Å². The van der Waals surface area contributed by atoms with Gasteiger partial charge in [-0.05, 0) is 47.5 Å². The summed E-state index contributed by atoms with van der Waals surface area (Å²) >= 11 is 0. The van der Waals surface area contributed by atoms with E-state index in [1.807, 2.05) is 0 Å². The molecule has 1 saturated carbocycles. The molecule has 7 nitrogen and oxygen atoms in total. The maximum Gasteiger partial charge on any atom is 0.214 e. The molecule has 0 spiro atoms. The third kappa shape index (κ3) is 4.21. The fourth-order valence-electron chi connectivity index (χ4n) is 5.31. The van der Waals surface area contributed by atoms with Gasteiger partial charge in [0, 0.05) is 31.0 Å². The summed E-state index contributed by atoms with van der Waals surface area (Å²) < 4.78 is 2.15. The Bertz CT molecular complexity index is 985. The maximum atomic E-state index is 4.60. The van der Waals surface area contributed by atoms with Crippen LogP contribution in [0.3, 0.4) is 0 Å². The van der Waals surface area contributed by atoms with Crippen molar-refractivity contribution in [3.05, 3.63) is 66.0 Å². The maximum absolute atomic E-state index is 4.60. The highest BCUT2D eigenvalue weighted by atomic mass is 15.6. The Hall–Kier alpha value is -2.93. The molecule has 2 fully saturated rings. The van der Waals surface area contributed by atoms with E-state index in [-0.39, 0.29) is 6.04 Å². The Balaban J connectivity index is 1.44. The Morgan fingerprint density at radius 3 is 2.28 bits per heavy atom. The largest absolute Gasteiger partial charge is 0.378 e. The molecule has 1 aliphatic carbocycles. The number of nitrogens with zero attached hydrogens (tertiary/aromatic N) is 6.